The molecule has 1 amide bonds. The van der Waals surface area contributed by atoms with E-state index in [0.717, 1.165) is 12.8 Å². The highest BCUT2D eigenvalue weighted by Gasteiger charge is 2.25. The summed E-state index contributed by atoms with van der Waals surface area (Å²) in [6.07, 6.45) is 1.50. The zero-order chi connectivity index (χ0) is 16.4. The SMILES string of the molecule is CCCCOC(=O)CC(C)N(C(=O)OCC)c1ccccc1. The number of hydrogen-bond donors (Lipinski definition) is 0. The molecular formula is C17H25NO4. The van der Waals surface area contributed by atoms with Gasteiger partial charge in [0.2, 0.25) is 0 Å². The summed E-state index contributed by atoms with van der Waals surface area (Å²) in [4.78, 5) is 25.5. The number of anilines is 1. The summed E-state index contributed by atoms with van der Waals surface area (Å²) in [5.41, 5.74) is 0.704. The molecular weight excluding hydrogens is 282 g/mol. The van der Waals surface area contributed by atoms with Crippen molar-refractivity contribution in [3.05, 3.63) is 30.3 Å². The quantitative estimate of drug-likeness (QED) is 0.542. The van der Waals surface area contributed by atoms with Crippen LogP contribution in [0.3, 0.4) is 0 Å². The average Bonchev–Trinajstić information content (AvgIpc) is 2.49. The largest absolute Gasteiger partial charge is 0.466 e. The molecule has 0 saturated carbocycles. The number of carbonyl (C=O) groups is 2. The summed E-state index contributed by atoms with van der Waals surface area (Å²) in [7, 11) is 0. The van der Waals surface area contributed by atoms with E-state index in [-0.39, 0.29) is 25.0 Å². The van der Waals surface area contributed by atoms with Gasteiger partial charge in [0.15, 0.2) is 0 Å². The fraction of sp³-hybridized carbons (Fsp3) is 0.529. The first-order valence-electron chi connectivity index (χ1n) is 7.76. The molecule has 1 rings (SSSR count). The molecule has 0 N–H and O–H groups in total. The zero-order valence-electron chi connectivity index (χ0n) is 13.6. The predicted octanol–water partition coefficient (Wildman–Crippen LogP) is 3.77. The van der Waals surface area contributed by atoms with Crippen LogP contribution in [-0.4, -0.2) is 31.3 Å². The lowest BCUT2D eigenvalue weighted by Crippen LogP contribution is -2.40. The number of ether oxygens (including phenoxy) is 2. The Balaban J connectivity index is 2.74. The van der Waals surface area contributed by atoms with Crippen LogP contribution in [-0.2, 0) is 14.3 Å². The molecule has 1 unspecified atom stereocenters. The van der Waals surface area contributed by atoms with Crippen LogP contribution in [0.5, 0.6) is 0 Å². The van der Waals surface area contributed by atoms with Crippen LogP contribution in [0.25, 0.3) is 0 Å². The Morgan fingerprint density at radius 3 is 2.41 bits per heavy atom. The average molecular weight is 307 g/mol. The van der Waals surface area contributed by atoms with Gasteiger partial charge in [-0.2, -0.15) is 0 Å². The predicted molar refractivity (Wildman–Crippen MR) is 85.9 cm³/mol. The minimum Gasteiger partial charge on any atom is -0.466 e. The van der Waals surface area contributed by atoms with Crippen molar-refractivity contribution in [3.63, 3.8) is 0 Å². The highest BCUT2D eigenvalue weighted by atomic mass is 16.6. The Hall–Kier alpha value is -2.04. The lowest BCUT2D eigenvalue weighted by atomic mass is 10.2. The maximum absolute atomic E-state index is 12.2. The molecule has 0 radical (unpaired) electrons. The second-order valence-electron chi connectivity index (χ2n) is 5.03. The second kappa shape index (κ2) is 9.82. The molecule has 1 atom stereocenters. The lowest BCUT2D eigenvalue weighted by molar-refractivity contribution is -0.144. The molecule has 0 aliphatic heterocycles. The van der Waals surface area contributed by atoms with Crippen LogP contribution in [0.4, 0.5) is 10.5 Å². The fourth-order valence-corrected chi connectivity index (χ4v) is 2.04. The van der Waals surface area contributed by atoms with Crippen molar-refractivity contribution in [3.8, 4) is 0 Å². The van der Waals surface area contributed by atoms with Crippen molar-refractivity contribution >= 4 is 17.7 Å². The third-order valence-corrected chi connectivity index (χ3v) is 3.16. The van der Waals surface area contributed by atoms with Gasteiger partial charge in [0, 0.05) is 11.7 Å². The normalized spacial score (nSPS) is 11.6. The summed E-state index contributed by atoms with van der Waals surface area (Å²) in [6.45, 7) is 6.31. The van der Waals surface area contributed by atoms with E-state index in [4.69, 9.17) is 9.47 Å². The first-order valence-corrected chi connectivity index (χ1v) is 7.76. The van der Waals surface area contributed by atoms with Crippen LogP contribution in [0.2, 0.25) is 0 Å². The van der Waals surface area contributed by atoms with Crippen molar-refractivity contribution < 1.29 is 19.1 Å². The first kappa shape index (κ1) is 18.0. The molecule has 5 nitrogen and oxygen atoms in total. The minimum atomic E-state index is -0.456. The topological polar surface area (TPSA) is 55.8 Å². The van der Waals surface area contributed by atoms with Crippen LogP contribution in [0, 0.1) is 0 Å². The molecule has 0 aromatic heterocycles. The van der Waals surface area contributed by atoms with E-state index in [0.29, 0.717) is 12.3 Å². The van der Waals surface area contributed by atoms with E-state index in [9.17, 15) is 9.59 Å². The van der Waals surface area contributed by atoms with E-state index >= 15 is 0 Å². The van der Waals surface area contributed by atoms with E-state index in [2.05, 4.69) is 0 Å². The third kappa shape index (κ3) is 5.76. The van der Waals surface area contributed by atoms with Crippen LogP contribution in [0.1, 0.15) is 40.0 Å². The van der Waals surface area contributed by atoms with Crippen molar-refractivity contribution in [2.45, 2.75) is 46.1 Å². The van der Waals surface area contributed by atoms with Crippen LogP contribution in [0.15, 0.2) is 30.3 Å². The molecule has 0 spiro atoms. The lowest BCUT2D eigenvalue weighted by Gasteiger charge is -2.27. The molecule has 0 fully saturated rings. The number of amides is 1. The highest BCUT2D eigenvalue weighted by Crippen LogP contribution is 2.20. The Morgan fingerprint density at radius 1 is 1.14 bits per heavy atom. The number of carbonyl (C=O) groups excluding carboxylic acids is 2. The van der Waals surface area contributed by atoms with Crippen molar-refractivity contribution in [2.75, 3.05) is 18.1 Å². The van der Waals surface area contributed by atoms with E-state index in [1.54, 1.807) is 6.92 Å². The summed E-state index contributed by atoms with van der Waals surface area (Å²) in [5.74, 6) is -0.300. The molecule has 0 aliphatic carbocycles. The highest BCUT2D eigenvalue weighted by molar-refractivity contribution is 5.89. The van der Waals surface area contributed by atoms with Gasteiger partial charge in [0.25, 0.3) is 0 Å². The summed E-state index contributed by atoms with van der Waals surface area (Å²) < 4.78 is 10.3. The standard InChI is InChI=1S/C17H25NO4/c1-4-6-12-22-16(19)13-14(3)18(17(20)21-5-2)15-10-8-7-9-11-15/h7-11,14H,4-6,12-13H2,1-3H3. The van der Waals surface area contributed by atoms with Crippen molar-refractivity contribution in [2.24, 2.45) is 0 Å². The fourth-order valence-electron chi connectivity index (χ4n) is 2.04. The van der Waals surface area contributed by atoms with Gasteiger partial charge < -0.3 is 9.47 Å². The molecule has 0 heterocycles. The number of rotatable bonds is 8. The van der Waals surface area contributed by atoms with Gasteiger partial charge in [0.1, 0.15) is 0 Å². The maximum Gasteiger partial charge on any atom is 0.414 e. The van der Waals surface area contributed by atoms with E-state index in [1.807, 2.05) is 44.2 Å². The monoisotopic (exact) mass is 307 g/mol. The Morgan fingerprint density at radius 2 is 1.82 bits per heavy atom. The van der Waals surface area contributed by atoms with Gasteiger partial charge in [-0.05, 0) is 32.4 Å². The van der Waals surface area contributed by atoms with E-state index in [1.165, 1.54) is 4.90 Å². The number of unbranched alkanes of at least 4 members (excludes halogenated alkanes) is 1. The Labute approximate surface area is 132 Å². The van der Waals surface area contributed by atoms with Gasteiger partial charge in [-0.25, -0.2) is 4.79 Å². The zero-order valence-corrected chi connectivity index (χ0v) is 13.6. The third-order valence-electron chi connectivity index (χ3n) is 3.16. The molecule has 5 heteroatoms. The smallest absolute Gasteiger partial charge is 0.414 e. The van der Waals surface area contributed by atoms with Gasteiger partial charge in [-0.15, -0.1) is 0 Å². The summed E-state index contributed by atoms with van der Waals surface area (Å²) in [5, 5.41) is 0. The van der Waals surface area contributed by atoms with Gasteiger partial charge in [0.05, 0.1) is 19.6 Å². The molecule has 1 aromatic rings. The van der Waals surface area contributed by atoms with Crippen LogP contribution >= 0.6 is 0 Å². The molecule has 1 aromatic carbocycles. The maximum atomic E-state index is 12.2. The minimum absolute atomic E-state index is 0.136. The molecule has 0 bridgehead atoms. The number of hydrogen-bond acceptors (Lipinski definition) is 4. The van der Waals surface area contributed by atoms with Crippen LogP contribution < -0.4 is 4.90 Å². The number of benzene rings is 1. The first-order chi connectivity index (χ1) is 10.6. The number of para-hydroxylation sites is 1. The molecule has 0 aliphatic rings. The number of nitrogens with zero attached hydrogens (tertiary/aromatic N) is 1. The van der Waals surface area contributed by atoms with Gasteiger partial charge in [-0.1, -0.05) is 31.5 Å². The molecule has 22 heavy (non-hydrogen) atoms. The Bertz CT molecular complexity index is 461. The van der Waals surface area contributed by atoms with Gasteiger partial charge in [-0.3, -0.25) is 9.69 Å². The van der Waals surface area contributed by atoms with Gasteiger partial charge >= 0.3 is 12.1 Å². The Kier molecular flexibility index (Phi) is 8.04. The molecule has 122 valence electrons. The molecule has 0 saturated heterocycles. The van der Waals surface area contributed by atoms with E-state index < -0.39 is 6.09 Å². The van der Waals surface area contributed by atoms with Crippen molar-refractivity contribution in [1.82, 2.24) is 0 Å². The van der Waals surface area contributed by atoms with Crippen molar-refractivity contribution in [1.29, 1.82) is 0 Å². The summed E-state index contributed by atoms with van der Waals surface area (Å²) >= 11 is 0. The second-order valence-corrected chi connectivity index (χ2v) is 5.03. The number of esters is 1. The summed E-state index contributed by atoms with van der Waals surface area (Å²) in [6, 6.07) is 8.85.